The molecule has 10 heteroatoms. The molecule has 3 atom stereocenters. The normalized spacial score (nSPS) is 17.9. The van der Waals surface area contributed by atoms with Crippen molar-refractivity contribution in [1.82, 2.24) is 25.3 Å². The van der Waals surface area contributed by atoms with E-state index in [0.717, 1.165) is 27.6 Å². The zero-order valence-corrected chi connectivity index (χ0v) is 27.4. The number of fused-ring (bicyclic) bond motifs is 2. The molecular formula is C36H43N5O5. The highest BCUT2D eigenvalue weighted by atomic mass is 16.5. The highest BCUT2D eigenvalue weighted by Crippen LogP contribution is 2.33. The van der Waals surface area contributed by atoms with Crippen molar-refractivity contribution in [3.8, 4) is 5.75 Å². The maximum atomic E-state index is 14.3. The molecule has 46 heavy (non-hydrogen) atoms. The molecular weight excluding hydrogens is 582 g/mol. The summed E-state index contributed by atoms with van der Waals surface area (Å²) in [7, 11) is 3.29. The summed E-state index contributed by atoms with van der Waals surface area (Å²) in [6.07, 6.45) is 2.39. The van der Waals surface area contributed by atoms with Crippen molar-refractivity contribution in [2.75, 3.05) is 27.2 Å². The third kappa shape index (κ3) is 6.62. The molecule has 2 aliphatic heterocycles. The average molecular weight is 626 g/mol. The number of hydrogen-bond donors (Lipinski definition) is 2. The van der Waals surface area contributed by atoms with Crippen LogP contribution < -0.4 is 15.4 Å². The maximum absolute atomic E-state index is 14.3. The minimum atomic E-state index is -0.914. The van der Waals surface area contributed by atoms with Gasteiger partial charge in [-0.25, -0.2) is 0 Å². The summed E-state index contributed by atoms with van der Waals surface area (Å²) >= 11 is 0. The first-order valence-corrected chi connectivity index (χ1v) is 15.7. The smallest absolute Gasteiger partial charge is 0.251 e. The number of nitrogens with zero attached hydrogens (tertiary/aromatic N) is 3. The van der Waals surface area contributed by atoms with Gasteiger partial charge < -0.3 is 20.3 Å². The number of nitrogens with one attached hydrogen (secondary N) is 2. The average Bonchev–Trinajstić information content (AvgIpc) is 3.38. The Bertz CT molecular complexity index is 1680. The number of hydrogen-bond acceptors (Lipinski definition) is 6. The third-order valence-electron chi connectivity index (χ3n) is 8.79. The standard InChI is InChI=1S/C36H43N5O5/c1-23(37-5)33(43)38-32(36(2,3)4)35(45)40-22-31(42)41-28(20-24-15-16-25-11-7-8-13-27(25)19-24)34(44)39(21-30(40)41)18-17-26-12-9-10-14-29(26)46-6/h7-16,19,21,23,28,32,37H,17-18,20,22H2,1-6H3,(H,38,43)/t23-,28?,32?/m0/s1. The van der Waals surface area contributed by atoms with Crippen LogP contribution in [-0.2, 0) is 32.0 Å². The fourth-order valence-corrected chi connectivity index (χ4v) is 6.01. The maximum Gasteiger partial charge on any atom is 0.251 e. The van der Waals surface area contributed by atoms with Gasteiger partial charge in [0.2, 0.25) is 17.7 Å². The van der Waals surface area contributed by atoms with E-state index in [4.69, 9.17) is 4.74 Å². The monoisotopic (exact) mass is 625 g/mol. The van der Waals surface area contributed by atoms with Gasteiger partial charge in [-0.3, -0.25) is 29.0 Å². The molecule has 1 saturated heterocycles. The van der Waals surface area contributed by atoms with Gasteiger partial charge in [0, 0.05) is 19.2 Å². The van der Waals surface area contributed by atoms with Gasteiger partial charge in [0.1, 0.15) is 30.2 Å². The van der Waals surface area contributed by atoms with Crippen LogP contribution in [0.3, 0.4) is 0 Å². The number of rotatable bonds is 10. The Labute approximate surface area is 270 Å². The van der Waals surface area contributed by atoms with Gasteiger partial charge in [-0.2, -0.15) is 0 Å². The van der Waals surface area contributed by atoms with Gasteiger partial charge in [-0.05, 0) is 53.8 Å². The number of ether oxygens (including phenoxy) is 1. The molecule has 0 saturated carbocycles. The van der Waals surface area contributed by atoms with Crippen LogP contribution >= 0.6 is 0 Å². The van der Waals surface area contributed by atoms with Crippen molar-refractivity contribution in [2.24, 2.45) is 5.41 Å². The highest BCUT2D eigenvalue weighted by molar-refractivity contribution is 5.99. The van der Waals surface area contributed by atoms with Crippen molar-refractivity contribution in [3.05, 3.63) is 89.9 Å². The first-order chi connectivity index (χ1) is 21.9. The quantitative estimate of drug-likeness (QED) is 0.357. The molecule has 10 nitrogen and oxygen atoms in total. The van der Waals surface area contributed by atoms with Crippen LogP contribution in [0.25, 0.3) is 10.8 Å². The molecule has 2 unspecified atom stereocenters. The van der Waals surface area contributed by atoms with E-state index in [-0.39, 0.29) is 30.7 Å². The van der Waals surface area contributed by atoms with Gasteiger partial charge in [0.15, 0.2) is 0 Å². The van der Waals surface area contributed by atoms with E-state index in [9.17, 15) is 19.2 Å². The number of benzene rings is 3. The predicted molar refractivity (Wildman–Crippen MR) is 176 cm³/mol. The number of carbonyl (C=O) groups is 4. The largest absolute Gasteiger partial charge is 0.496 e. The second kappa shape index (κ2) is 13.3. The lowest BCUT2D eigenvalue weighted by Gasteiger charge is -2.39. The van der Waals surface area contributed by atoms with E-state index in [2.05, 4.69) is 10.6 Å². The van der Waals surface area contributed by atoms with Gasteiger partial charge >= 0.3 is 0 Å². The predicted octanol–water partition coefficient (Wildman–Crippen LogP) is 3.45. The number of amides is 4. The zero-order chi connectivity index (χ0) is 33.2. The molecule has 0 radical (unpaired) electrons. The summed E-state index contributed by atoms with van der Waals surface area (Å²) < 4.78 is 5.53. The lowest BCUT2D eigenvalue weighted by atomic mass is 9.85. The fraction of sp³-hybridized carbons (Fsp3) is 0.389. The molecule has 5 rings (SSSR count). The summed E-state index contributed by atoms with van der Waals surface area (Å²) in [6.45, 7) is 7.42. The Morgan fingerprint density at radius 2 is 1.70 bits per heavy atom. The molecule has 0 aromatic heterocycles. The third-order valence-corrected chi connectivity index (χ3v) is 8.79. The van der Waals surface area contributed by atoms with Gasteiger partial charge in [0.25, 0.3) is 5.91 Å². The summed E-state index contributed by atoms with van der Waals surface area (Å²) in [5, 5.41) is 7.92. The van der Waals surface area contributed by atoms with Crippen molar-refractivity contribution >= 4 is 34.4 Å². The summed E-state index contributed by atoms with van der Waals surface area (Å²) in [5.74, 6) is -0.232. The van der Waals surface area contributed by atoms with E-state index < -0.39 is 29.4 Å². The van der Waals surface area contributed by atoms with Crippen LogP contribution in [0.5, 0.6) is 5.75 Å². The van der Waals surface area contributed by atoms with Crippen molar-refractivity contribution in [2.45, 2.75) is 58.7 Å². The van der Waals surface area contributed by atoms with E-state index in [1.807, 2.05) is 87.5 Å². The second-order valence-electron chi connectivity index (χ2n) is 13.0. The van der Waals surface area contributed by atoms with Crippen molar-refractivity contribution in [1.29, 1.82) is 0 Å². The topological polar surface area (TPSA) is 111 Å². The van der Waals surface area contributed by atoms with Crippen molar-refractivity contribution in [3.63, 3.8) is 0 Å². The molecule has 3 aromatic rings. The number of likely N-dealkylation sites (N-methyl/N-ethyl adjacent to an activating group) is 1. The van der Waals surface area contributed by atoms with E-state index in [1.54, 1.807) is 32.2 Å². The lowest BCUT2D eigenvalue weighted by Crippen LogP contribution is -2.58. The Morgan fingerprint density at radius 1 is 1.00 bits per heavy atom. The molecule has 4 amide bonds. The van der Waals surface area contributed by atoms with Crippen LogP contribution in [0, 0.1) is 5.41 Å². The highest BCUT2D eigenvalue weighted by Gasteiger charge is 2.49. The number of para-hydroxylation sites is 1. The van der Waals surface area contributed by atoms with Crippen LogP contribution in [0.2, 0.25) is 0 Å². The van der Waals surface area contributed by atoms with Crippen LogP contribution in [0.4, 0.5) is 0 Å². The van der Waals surface area contributed by atoms with Gasteiger partial charge in [-0.1, -0.05) is 81.4 Å². The second-order valence-corrected chi connectivity index (χ2v) is 13.0. The first kappa shape index (κ1) is 32.7. The van der Waals surface area contributed by atoms with Crippen molar-refractivity contribution < 1.29 is 23.9 Å². The fourth-order valence-electron chi connectivity index (χ4n) is 6.01. The molecule has 0 aliphatic carbocycles. The zero-order valence-electron chi connectivity index (χ0n) is 27.4. The Balaban J connectivity index is 1.51. The Kier molecular flexibility index (Phi) is 9.48. The van der Waals surface area contributed by atoms with E-state index >= 15 is 0 Å². The summed E-state index contributed by atoms with van der Waals surface area (Å²) in [6, 6.07) is 19.4. The molecule has 2 heterocycles. The van der Waals surface area contributed by atoms with E-state index in [1.165, 1.54) is 9.80 Å². The number of carbonyl (C=O) groups excluding carboxylic acids is 4. The molecule has 2 aliphatic rings. The van der Waals surface area contributed by atoms with Gasteiger partial charge in [-0.15, -0.1) is 0 Å². The Morgan fingerprint density at radius 3 is 2.39 bits per heavy atom. The molecule has 1 fully saturated rings. The molecule has 242 valence electrons. The van der Waals surface area contributed by atoms with Crippen LogP contribution in [0.1, 0.15) is 38.8 Å². The first-order valence-electron chi connectivity index (χ1n) is 15.7. The molecule has 3 aromatic carbocycles. The molecule has 2 N–H and O–H groups in total. The minimum absolute atomic E-state index is 0.224. The molecule has 0 spiro atoms. The minimum Gasteiger partial charge on any atom is -0.496 e. The summed E-state index contributed by atoms with van der Waals surface area (Å²) in [4.78, 5) is 59.5. The number of methoxy groups -OCH3 is 1. The summed E-state index contributed by atoms with van der Waals surface area (Å²) in [5.41, 5.74) is 1.19. The lowest BCUT2D eigenvalue weighted by molar-refractivity contribution is -0.142. The Hall–Kier alpha value is -4.70. The molecule has 0 bridgehead atoms. The SMILES string of the molecule is CN[C@@H](C)C(=O)NC(C(=O)N1CC(=O)N2C1=CN(CCc1ccccc1OC)C(=O)C2Cc1ccc2ccccc2c1)C(C)(C)C. The van der Waals surface area contributed by atoms with Crippen LogP contribution in [0.15, 0.2) is 78.8 Å². The van der Waals surface area contributed by atoms with Gasteiger partial charge in [0.05, 0.1) is 13.2 Å². The van der Waals surface area contributed by atoms with E-state index in [0.29, 0.717) is 18.8 Å². The van der Waals surface area contributed by atoms with Crippen LogP contribution in [-0.4, -0.2) is 83.7 Å².